The summed E-state index contributed by atoms with van der Waals surface area (Å²) in [6.07, 6.45) is 1.30. The Morgan fingerprint density at radius 3 is 2.44 bits per heavy atom. The number of hydrogen-bond donors (Lipinski definition) is 2. The Morgan fingerprint density at radius 2 is 1.94 bits per heavy atom. The molecule has 0 spiro atoms. The lowest BCUT2D eigenvalue weighted by Crippen LogP contribution is -2.14. The van der Waals surface area contributed by atoms with Crippen LogP contribution in [0.25, 0.3) is 0 Å². The van der Waals surface area contributed by atoms with E-state index < -0.39 is 0 Å². The van der Waals surface area contributed by atoms with Gasteiger partial charge in [0.15, 0.2) is 0 Å². The number of aliphatic hydroxyl groups is 1. The van der Waals surface area contributed by atoms with E-state index in [4.69, 9.17) is 28.9 Å². The van der Waals surface area contributed by atoms with Crippen molar-refractivity contribution in [3.8, 4) is 0 Å². The number of benzene rings is 1. The summed E-state index contributed by atoms with van der Waals surface area (Å²) in [5.74, 6) is 0.226. The van der Waals surface area contributed by atoms with E-state index in [0.29, 0.717) is 16.6 Å². The molecular weight excluding hydrogens is 245 g/mol. The maximum Gasteiger partial charge on any atom is 0.0595 e. The summed E-state index contributed by atoms with van der Waals surface area (Å²) in [5, 5.41) is 10.4. The molecule has 0 saturated heterocycles. The van der Waals surface area contributed by atoms with Gasteiger partial charge in [0, 0.05) is 0 Å². The Labute approximate surface area is 106 Å². The van der Waals surface area contributed by atoms with Gasteiger partial charge < -0.3 is 10.8 Å². The Hall–Kier alpha value is -0.280. The molecule has 1 aromatic rings. The molecule has 90 valence electrons. The Bertz CT molecular complexity index is 342. The van der Waals surface area contributed by atoms with E-state index in [0.717, 1.165) is 18.4 Å². The summed E-state index contributed by atoms with van der Waals surface area (Å²) in [4.78, 5) is 0. The van der Waals surface area contributed by atoms with E-state index >= 15 is 0 Å². The predicted octanol–water partition coefficient (Wildman–Crippen LogP) is 3.20. The lowest BCUT2D eigenvalue weighted by molar-refractivity contribution is 0.178. The van der Waals surface area contributed by atoms with Gasteiger partial charge in [0.05, 0.1) is 16.1 Å². The SMILES string of the molecule is CC(O)CCC(CN)c1ccc(Cl)c(Cl)c1. The summed E-state index contributed by atoms with van der Waals surface area (Å²) >= 11 is 11.8. The van der Waals surface area contributed by atoms with Crippen molar-refractivity contribution in [3.05, 3.63) is 33.8 Å². The highest BCUT2D eigenvalue weighted by Gasteiger charge is 2.12. The highest BCUT2D eigenvalue weighted by atomic mass is 35.5. The molecule has 2 atom stereocenters. The third kappa shape index (κ3) is 3.95. The summed E-state index contributed by atoms with van der Waals surface area (Å²) in [7, 11) is 0. The summed E-state index contributed by atoms with van der Waals surface area (Å²) in [5.41, 5.74) is 6.80. The summed E-state index contributed by atoms with van der Waals surface area (Å²) in [6, 6.07) is 5.57. The van der Waals surface area contributed by atoms with Crippen LogP contribution in [0.1, 0.15) is 31.2 Å². The fourth-order valence-electron chi connectivity index (χ4n) is 1.63. The first kappa shape index (κ1) is 13.8. The molecule has 1 rings (SSSR count). The van der Waals surface area contributed by atoms with Crippen LogP contribution in [0.15, 0.2) is 18.2 Å². The van der Waals surface area contributed by atoms with Crippen molar-refractivity contribution >= 4 is 23.2 Å². The second kappa shape index (κ2) is 6.45. The fourth-order valence-corrected chi connectivity index (χ4v) is 1.94. The number of nitrogens with two attached hydrogens (primary N) is 1. The number of aliphatic hydroxyl groups excluding tert-OH is 1. The minimum absolute atomic E-state index is 0.226. The van der Waals surface area contributed by atoms with Gasteiger partial charge in [0.1, 0.15) is 0 Å². The monoisotopic (exact) mass is 261 g/mol. The van der Waals surface area contributed by atoms with Crippen LogP contribution in [0.2, 0.25) is 10.0 Å². The molecule has 1 aromatic carbocycles. The van der Waals surface area contributed by atoms with E-state index in [-0.39, 0.29) is 12.0 Å². The zero-order chi connectivity index (χ0) is 12.1. The molecule has 16 heavy (non-hydrogen) atoms. The van der Waals surface area contributed by atoms with Gasteiger partial charge in [0.25, 0.3) is 0 Å². The van der Waals surface area contributed by atoms with Gasteiger partial charge >= 0.3 is 0 Å². The molecule has 2 nitrogen and oxygen atoms in total. The predicted molar refractivity (Wildman–Crippen MR) is 69.2 cm³/mol. The van der Waals surface area contributed by atoms with E-state index in [1.807, 2.05) is 12.1 Å². The second-order valence-electron chi connectivity index (χ2n) is 4.03. The maximum absolute atomic E-state index is 9.25. The van der Waals surface area contributed by atoms with Crippen molar-refractivity contribution in [1.29, 1.82) is 0 Å². The topological polar surface area (TPSA) is 46.2 Å². The van der Waals surface area contributed by atoms with Crippen molar-refractivity contribution in [1.82, 2.24) is 0 Å². The van der Waals surface area contributed by atoms with Crippen molar-refractivity contribution < 1.29 is 5.11 Å². The molecule has 0 bridgehead atoms. The molecule has 0 fully saturated rings. The van der Waals surface area contributed by atoms with Gasteiger partial charge in [-0.3, -0.25) is 0 Å². The van der Waals surface area contributed by atoms with Crippen molar-refractivity contribution in [2.24, 2.45) is 5.73 Å². The molecule has 2 unspecified atom stereocenters. The molecule has 0 aliphatic rings. The van der Waals surface area contributed by atoms with Crippen LogP contribution < -0.4 is 5.73 Å². The fraction of sp³-hybridized carbons (Fsp3) is 0.500. The zero-order valence-electron chi connectivity index (χ0n) is 9.29. The Morgan fingerprint density at radius 1 is 1.25 bits per heavy atom. The van der Waals surface area contributed by atoms with Gasteiger partial charge in [0.2, 0.25) is 0 Å². The quantitative estimate of drug-likeness (QED) is 0.855. The van der Waals surface area contributed by atoms with Gasteiger partial charge in [-0.25, -0.2) is 0 Å². The normalized spacial score (nSPS) is 14.8. The van der Waals surface area contributed by atoms with Gasteiger partial charge in [-0.1, -0.05) is 29.3 Å². The molecular formula is C12H17Cl2NO. The second-order valence-corrected chi connectivity index (χ2v) is 4.85. The van der Waals surface area contributed by atoms with Gasteiger partial charge in [-0.2, -0.15) is 0 Å². The standard InChI is InChI=1S/C12H17Cl2NO/c1-8(16)2-3-10(7-15)9-4-5-11(13)12(14)6-9/h4-6,8,10,16H,2-3,7,15H2,1H3. The first-order valence-corrected chi connectivity index (χ1v) is 6.13. The van der Waals surface area contributed by atoms with Crippen molar-refractivity contribution in [3.63, 3.8) is 0 Å². The van der Waals surface area contributed by atoms with Crippen LogP contribution in [0, 0.1) is 0 Å². The molecule has 0 radical (unpaired) electrons. The van der Waals surface area contributed by atoms with Crippen molar-refractivity contribution in [2.45, 2.75) is 31.8 Å². The van der Waals surface area contributed by atoms with Crippen LogP contribution in [0.4, 0.5) is 0 Å². The van der Waals surface area contributed by atoms with Gasteiger partial charge in [-0.15, -0.1) is 0 Å². The molecule has 0 aromatic heterocycles. The van der Waals surface area contributed by atoms with Gasteiger partial charge in [-0.05, 0) is 49.9 Å². The lowest BCUT2D eigenvalue weighted by Gasteiger charge is -2.16. The molecule has 0 heterocycles. The Kier molecular flexibility index (Phi) is 5.56. The van der Waals surface area contributed by atoms with Crippen LogP contribution in [0.5, 0.6) is 0 Å². The third-order valence-electron chi connectivity index (χ3n) is 2.63. The third-order valence-corrected chi connectivity index (χ3v) is 3.37. The smallest absolute Gasteiger partial charge is 0.0595 e. The molecule has 4 heteroatoms. The minimum Gasteiger partial charge on any atom is -0.393 e. The minimum atomic E-state index is -0.295. The molecule has 0 saturated carbocycles. The number of rotatable bonds is 5. The van der Waals surface area contributed by atoms with Crippen LogP contribution >= 0.6 is 23.2 Å². The summed E-state index contributed by atoms with van der Waals surface area (Å²) in [6.45, 7) is 2.33. The van der Waals surface area contributed by atoms with Crippen molar-refractivity contribution in [2.75, 3.05) is 6.54 Å². The number of halogens is 2. The van der Waals surface area contributed by atoms with E-state index in [2.05, 4.69) is 0 Å². The average Bonchev–Trinajstić information content (AvgIpc) is 2.23. The van der Waals surface area contributed by atoms with Crippen LogP contribution in [0.3, 0.4) is 0 Å². The molecule has 0 aliphatic heterocycles. The molecule has 0 amide bonds. The van der Waals surface area contributed by atoms with E-state index in [1.165, 1.54) is 0 Å². The van der Waals surface area contributed by atoms with Crippen LogP contribution in [-0.4, -0.2) is 17.8 Å². The lowest BCUT2D eigenvalue weighted by atomic mass is 9.93. The maximum atomic E-state index is 9.25. The molecule has 3 N–H and O–H groups in total. The highest BCUT2D eigenvalue weighted by Crippen LogP contribution is 2.28. The zero-order valence-corrected chi connectivity index (χ0v) is 10.8. The van der Waals surface area contributed by atoms with Crippen LogP contribution in [-0.2, 0) is 0 Å². The van der Waals surface area contributed by atoms with E-state index in [1.54, 1.807) is 13.0 Å². The largest absolute Gasteiger partial charge is 0.393 e. The van der Waals surface area contributed by atoms with E-state index in [9.17, 15) is 5.11 Å². The first-order chi connectivity index (χ1) is 7.54. The number of hydrogen-bond acceptors (Lipinski definition) is 2. The Balaban J connectivity index is 2.74. The highest BCUT2D eigenvalue weighted by molar-refractivity contribution is 6.42. The first-order valence-electron chi connectivity index (χ1n) is 5.37. The summed E-state index contributed by atoms with van der Waals surface area (Å²) < 4.78 is 0. The molecule has 0 aliphatic carbocycles. The average molecular weight is 262 g/mol.